The van der Waals surface area contributed by atoms with E-state index in [1.54, 1.807) is 12.3 Å². The van der Waals surface area contributed by atoms with E-state index in [2.05, 4.69) is 4.98 Å². The lowest BCUT2D eigenvalue weighted by Crippen LogP contribution is -2.32. The van der Waals surface area contributed by atoms with Gasteiger partial charge in [0.05, 0.1) is 6.54 Å². The Morgan fingerprint density at radius 2 is 1.96 bits per heavy atom. The van der Waals surface area contributed by atoms with Crippen molar-refractivity contribution in [3.63, 3.8) is 0 Å². The minimum absolute atomic E-state index is 0.137. The number of pyridine rings is 1. The Morgan fingerprint density at radius 3 is 2.61 bits per heavy atom. The first-order valence-corrected chi connectivity index (χ1v) is 7.59. The maximum Gasteiger partial charge on any atom is 0.295 e. The first-order chi connectivity index (χ1) is 11.2. The van der Waals surface area contributed by atoms with Crippen LogP contribution in [0.5, 0.6) is 0 Å². The Labute approximate surface area is 135 Å². The smallest absolute Gasteiger partial charge is 0.286 e. The van der Waals surface area contributed by atoms with E-state index in [0.29, 0.717) is 0 Å². The van der Waals surface area contributed by atoms with Gasteiger partial charge in [0.2, 0.25) is 0 Å². The second-order valence-corrected chi connectivity index (χ2v) is 5.49. The predicted molar refractivity (Wildman–Crippen MR) is 88.9 cm³/mol. The fourth-order valence-electron chi connectivity index (χ4n) is 2.53. The van der Waals surface area contributed by atoms with Crippen LogP contribution in [-0.4, -0.2) is 27.7 Å². The van der Waals surface area contributed by atoms with E-state index in [-0.39, 0.29) is 18.2 Å². The molecule has 1 unspecified atom stereocenters. The summed E-state index contributed by atoms with van der Waals surface area (Å²) in [6.07, 6.45) is 10.4. The van der Waals surface area contributed by atoms with Crippen molar-refractivity contribution < 1.29 is 10.0 Å². The second kappa shape index (κ2) is 7.03. The molecule has 4 heteroatoms. The number of aromatic nitrogens is 1. The standard InChI is InChI=1S/C19H18N2O2/c22-19(21(23)14-15-7-3-1-4-8-15)18-12-11-17(13-20-18)16-9-5-2-6-10-16/h1-7,9-13,15,23H,8,14H2. The summed E-state index contributed by atoms with van der Waals surface area (Å²) < 4.78 is 0. The minimum atomic E-state index is -0.479. The summed E-state index contributed by atoms with van der Waals surface area (Å²) in [4.78, 5) is 16.4. The summed E-state index contributed by atoms with van der Waals surface area (Å²) >= 11 is 0. The van der Waals surface area contributed by atoms with E-state index in [1.165, 1.54) is 0 Å². The van der Waals surface area contributed by atoms with Crippen molar-refractivity contribution in [2.45, 2.75) is 6.42 Å². The third-order valence-electron chi connectivity index (χ3n) is 3.80. The van der Waals surface area contributed by atoms with Gasteiger partial charge in [-0.1, -0.05) is 60.7 Å². The highest BCUT2D eigenvalue weighted by Gasteiger charge is 2.18. The van der Waals surface area contributed by atoms with E-state index < -0.39 is 5.91 Å². The molecular formula is C19H18N2O2. The van der Waals surface area contributed by atoms with Crippen LogP contribution in [0, 0.1) is 5.92 Å². The van der Waals surface area contributed by atoms with Crippen molar-refractivity contribution in [3.05, 3.63) is 78.7 Å². The number of rotatable bonds is 4. The zero-order chi connectivity index (χ0) is 16.1. The Bertz CT molecular complexity index is 721. The molecule has 1 aromatic carbocycles. The van der Waals surface area contributed by atoms with Crippen molar-refractivity contribution in [1.29, 1.82) is 0 Å². The summed E-state index contributed by atoms with van der Waals surface area (Å²) in [7, 11) is 0. The van der Waals surface area contributed by atoms with Gasteiger partial charge in [0.1, 0.15) is 5.69 Å². The lowest BCUT2D eigenvalue weighted by molar-refractivity contribution is -0.0643. The molecule has 0 saturated heterocycles. The Hall–Kier alpha value is -2.72. The average molecular weight is 306 g/mol. The zero-order valence-corrected chi connectivity index (χ0v) is 12.7. The molecule has 1 aromatic heterocycles. The highest BCUT2D eigenvalue weighted by atomic mass is 16.5. The van der Waals surface area contributed by atoms with Gasteiger partial charge in [-0.15, -0.1) is 0 Å². The lowest BCUT2D eigenvalue weighted by Gasteiger charge is -2.20. The summed E-state index contributed by atoms with van der Waals surface area (Å²) in [5.41, 5.74) is 2.22. The normalized spacial score (nSPS) is 16.3. The van der Waals surface area contributed by atoms with Gasteiger partial charge in [0.25, 0.3) is 5.91 Å². The van der Waals surface area contributed by atoms with Gasteiger partial charge < -0.3 is 0 Å². The van der Waals surface area contributed by atoms with Crippen LogP contribution >= 0.6 is 0 Å². The van der Waals surface area contributed by atoms with Crippen molar-refractivity contribution >= 4 is 5.91 Å². The van der Waals surface area contributed by atoms with Crippen molar-refractivity contribution in [1.82, 2.24) is 10.0 Å². The Morgan fingerprint density at radius 1 is 1.13 bits per heavy atom. The summed E-state index contributed by atoms with van der Waals surface area (Å²) in [6.45, 7) is 0.266. The summed E-state index contributed by atoms with van der Waals surface area (Å²) in [5.74, 6) is -0.342. The zero-order valence-electron chi connectivity index (χ0n) is 12.7. The van der Waals surface area contributed by atoms with Crippen molar-refractivity contribution in [3.8, 4) is 11.1 Å². The number of carbonyl (C=O) groups is 1. The maximum absolute atomic E-state index is 12.2. The lowest BCUT2D eigenvalue weighted by atomic mass is 10.0. The van der Waals surface area contributed by atoms with E-state index in [9.17, 15) is 10.0 Å². The Kier molecular flexibility index (Phi) is 4.64. The van der Waals surface area contributed by atoms with Crippen molar-refractivity contribution in [2.24, 2.45) is 5.92 Å². The Balaban J connectivity index is 1.67. The molecule has 1 aliphatic rings. The highest BCUT2D eigenvalue weighted by Crippen LogP contribution is 2.18. The number of hydroxylamine groups is 2. The number of allylic oxidation sites excluding steroid dienone is 3. The van der Waals surface area contributed by atoms with E-state index >= 15 is 0 Å². The topological polar surface area (TPSA) is 53.4 Å². The fourth-order valence-corrected chi connectivity index (χ4v) is 2.53. The van der Waals surface area contributed by atoms with E-state index in [4.69, 9.17) is 0 Å². The monoisotopic (exact) mass is 306 g/mol. The van der Waals surface area contributed by atoms with Crippen LogP contribution < -0.4 is 0 Å². The van der Waals surface area contributed by atoms with Crippen LogP contribution in [0.4, 0.5) is 0 Å². The predicted octanol–water partition coefficient (Wildman–Crippen LogP) is 3.71. The van der Waals surface area contributed by atoms with E-state index in [1.807, 2.05) is 60.7 Å². The molecule has 0 saturated carbocycles. The molecule has 2 aromatic rings. The molecule has 0 spiro atoms. The third-order valence-corrected chi connectivity index (χ3v) is 3.80. The van der Waals surface area contributed by atoms with Crippen LogP contribution in [0.25, 0.3) is 11.1 Å². The summed E-state index contributed by atoms with van der Waals surface area (Å²) in [5, 5.41) is 10.7. The minimum Gasteiger partial charge on any atom is -0.286 e. The first-order valence-electron chi connectivity index (χ1n) is 7.59. The van der Waals surface area contributed by atoms with Gasteiger partial charge in [-0.05, 0) is 18.1 Å². The molecule has 0 radical (unpaired) electrons. The van der Waals surface area contributed by atoms with Crippen LogP contribution in [-0.2, 0) is 0 Å². The number of hydrogen-bond acceptors (Lipinski definition) is 3. The molecule has 1 heterocycles. The number of hydrogen-bond donors (Lipinski definition) is 1. The largest absolute Gasteiger partial charge is 0.295 e. The molecule has 0 fully saturated rings. The van der Waals surface area contributed by atoms with E-state index in [0.717, 1.165) is 22.6 Å². The molecule has 0 aliphatic heterocycles. The number of amides is 1. The molecule has 1 amide bonds. The van der Waals surface area contributed by atoms with Gasteiger partial charge in [0, 0.05) is 17.7 Å². The average Bonchev–Trinajstić information content (AvgIpc) is 2.63. The molecule has 1 N–H and O–H groups in total. The van der Waals surface area contributed by atoms with Gasteiger partial charge in [-0.25, -0.2) is 5.06 Å². The molecule has 1 atom stereocenters. The molecule has 1 aliphatic carbocycles. The number of nitrogens with zero attached hydrogens (tertiary/aromatic N) is 2. The van der Waals surface area contributed by atoms with Crippen LogP contribution in [0.3, 0.4) is 0 Å². The number of carbonyl (C=O) groups excluding carboxylic acids is 1. The molecule has 116 valence electrons. The molecule has 23 heavy (non-hydrogen) atoms. The molecule has 0 bridgehead atoms. The number of benzene rings is 1. The highest BCUT2D eigenvalue weighted by molar-refractivity contribution is 5.91. The second-order valence-electron chi connectivity index (χ2n) is 5.49. The van der Waals surface area contributed by atoms with Gasteiger partial charge in [0.15, 0.2) is 0 Å². The first kappa shape index (κ1) is 15.2. The third kappa shape index (κ3) is 3.73. The summed E-state index contributed by atoms with van der Waals surface area (Å²) in [6, 6.07) is 13.3. The molecule has 4 nitrogen and oxygen atoms in total. The fraction of sp³-hybridized carbons (Fsp3) is 0.158. The van der Waals surface area contributed by atoms with Crippen LogP contribution in [0.1, 0.15) is 16.9 Å². The SMILES string of the molecule is O=C(c1ccc(-c2ccccc2)cn1)N(O)CC1C=CC=CC1. The quantitative estimate of drug-likeness (QED) is 0.692. The van der Waals surface area contributed by atoms with Crippen LogP contribution in [0.15, 0.2) is 73.0 Å². The van der Waals surface area contributed by atoms with Gasteiger partial charge >= 0.3 is 0 Å². The molecular weight excluding hydrogens is 288 g/mol. The van der Waals surface area contributed by atoms with Gasteiger partial charge in [-0.2, -0.15) is 0 Å². The maximum atomic E-state index is 12.2. The molecule has 3 rings (SSSR count). The van der Waals surface area contributed by atoms with Gasteiger partial charge in [-0.3, -0.25) is 15.0 Å². The van der Waals surface area contributed by atoms with Crippen molar-refractivity contribution in [2.75, 3.05) is 6.54 Å². The van der Waals surface area contributed by atoms with Crippen LogP contribution in [0.2, 0.25) is 0 Å².